The molecule has 1 aliphatic rings. The standard InChI is InChI=1S/C23H28N4O4/c1-30-20-6-4-16(12-21(20)31-2)14-26-22(28)18-11-15(13-24)3-5-19(18)27(23(26)29)17-7-9-25-10-8-17/h3-6,11-12,17,25H,7-10,13-14,24H2,1-2H3. The molecule has 3 aromatic rings. The van der Waals surface area contributed by atoms with Crippen molar-refractivity contribution in [3.8, 4) is 11.5 Å². The van der Waals surface area contributed by atoms with Crippen molar-refractivity contribution in [2.24, 2.45) is 5.73 Å². The number of nitrogens with two attached hydrogens (primary N) is 1. The number of hydrogen-bond donors (Lipinski definition) is 2. The van der Waals surface area contributed by atoms with Crippen molar-refractivity contribution in [1.82, 2.24) is 14.5 Å². The van der Waals surface area contributed by atoms with Crippen LogP contribution < -0.4 is 31.8 Å². The molecule has 0 saturated carbocycles. The molecule has 0 radical (unpaired) electrons. The maximum absolute atomic E-state index is 13.6. The van der Waals surface area contributed by atoms with Crippen molar-refractivity contribution in [1.29, 1.82) is 0 Å². The van der Waals surface area contributed by atoms with E-state index in [0.717, 1.165) is 37.1 Å². The maximum atomic E-state index is 13.6. The van der Waals surface area contributed by atoms with Crippen LogP contribution in [0.3, 0.4) is 0 Å². The second kappa shape index (κ2) is 8.95. The number of nitrogens with zero attached hydrogens (tertiary/aromatic N) is 2. The summed E-state index contributed by atoms with van der Waals surface area (Å²) in [4.78, 5) is 26.9. The molecule has 1 aliphatic heterocycles. The van der Waals surface area contributed by atoms with E-state index < -0.39 is 0 Å². The van der Waals surface area contributed by atoms with Gasteiger partial charge in [-0.2, -0.15) is 0 Å². The first-order chi connectivity index (χ1) is 15.1. The summed E-state index contributed by atoms with van der Waals surface area (Å²) in [6.07, 6.45) is 1.67. The number of rotatable bonds is 6. The van der Waals surface area contributed by atoms with Gasteiger partial charge in [0, 0.05) is 12.6 Å². The molecule has 164 valence electrons. The first-order valence-electron chi connectivity index (χ1n) is 10.5. The van der Waals surface area contributed by atoms with E-state index in [1.165, 1.54) is 4.57 Å². The summed E-state index contributed by atoms with van der Waals surface area (Å²) in [5, 5.41) is 3.85. The Hall–Kier alpha value is -3.10. The van der Waals surface area contributed by atoms with Crippen molar-refractivity contribution >= 4 is 10.9 Å². The molecule has 0 aliphatic carbocycles. The first-order valence-corrected chi connectivity index (χ1v) is 10.5. The van der Waals surface area contributed by atoms with Gasteiger partial charge < -0.3 is 20.5 Å². The van der Waals surface area contributed by atoms with Gasteiger partial charge in [0.2, 0.25) is 0 Å². The van der Waals surface area contributed by atoms with Gasteiger partial charge in [0.05, 0.1) is 31.7 Å². The molecule has 2 aromatic carbocycles. The third kappa shape index (κ3) is 3.96. The average molecular weight is 425 g/mol. The fourth-order valence-electron chi connectivity index (χ4n) is 4.28. The molecule has 1 fully saturated rings. The van der Waals surface area contributed by atoms with Crippen molar-refractivity contribution < 1.29 is 9.47 Å². The highest BCUT2D eigenvalue weighted by molar-refractivity contribution is 5.79. The Kier molecular flexibility index (Phi) is 6.11. The van der Waals surface area contributed by atoms with Gasteiger partial charge in [0.1, 0.15) is 0 Å². The van der Waals surface area contributed by atoms with E-state index in [0.29, 0.717) is 28.9 Å². The molecule has 8 nitrogen and oxygen atoms in total. The lowest BCUT2D eigenvalue weighted by Gasteiger charge is -2.27. The Morgan fingerprint density at radius 3 is 2.39 bits per heavy atom. The van der Waals surface area contributed by atoms with Gasteiger partial charge in [-0.05, 0) is 61.3 Å². The molecule has 0 amide bonds. The van der Waals surface area contributed by atoms with E-state index in [1.807, 2.05) is 18.2 Å². The van der Waals surface area contributed by atoms with Crippen LogP contribution in [0.5, 0.6) is 11.5 Å². The number of benzene rings is 2. The predicted octanol–water partition coefficient (Wildman–Crippen LogP) is 1.61. The number of methoxy groups -OCH3 is 2. The van der Waals surface area contributed by atoms with Crippen LogP contribution in [0.1, 0.15) is 30.0 Å². The molecule has 0 spiro atoms. The molecule has 0 atom stereocenters. The summed E-state index contributed by atoms with van der Waals surface area (Å²) in [7, 11) is 3.13. The Bertz CT molecular complexity index is 1210. The zero-order valence-electron chi connectivity index (χ0n) is 17.9. The first kappa shape index (κ1) is 21.1. The van der Waals surface area contributed by atoms with Gasteiger partial charge in [0.25, 0.3) is 5.56 Å². The minimum absolute atomic E-state index is 0.0391. The van der Waals surface area contributed by atoms with E-state index in [9.17, 15) is 9.59 Å². The quantitative estimate of drug-likeness (QED) is 0.624. The summed E-state index contributed by atoms with van der Waals surface area (Å²) in [6.45, 7) is 2.16. The maximum Gasteiger partial charge on any atom is 0.332 e. The fourth-order valence-corrected chi connectivity index (χ4v) is 4.28. The molecule has 1 saturated heterocycles. The Morgan fingerprint density at radius 1 is 1.00 bits per heavy atom. The molecule has 4 rings (SSSR count). The molecule has 0 bridgehead atoms. The monoisotopic (exact) mass is 424 g/mol. The van der Waals surface area contributed by atoms with E-state index in [-0.39, 0.29) is 23.8 Å². The van der Waals surface area contributed by atoms with Gasteiger partial charge in [0.15, 0.2) is 11.5 Å². The smallest absolute Gasteiger partial charge is 0.332 e. The Balaban J connectivity index is 1.90. The zero-order valence-corrected chi connectivity index (χ0v) is 17.9. The van der Waals surface area contributed by atoms with Gasteiger partial charge in [-0.3, -0.25) is 13.9 Å². The number of ether oxygens (including phenoxy) is 2. The van der Waals surface area contributed by atoms with Crippen LogP contribution in [0.4, 0.5) is 0 Å². The third-order valence-electron chi connectivity index (χ3n) is 5.93. The number of fused-ring (bicyclic) bond motifs is 1. The number of hydrogen-bond acceptors (Lipinski definition) is 6. The molecule has 31 heavy (non-hydrogen) atoms. The molecule has 8 heteroatoms. The van der Waals surface area contributed by atoms with E-state index in [1.54, 1.807) is 37.0 Å². The van der Waals surface area contributed by atoms with Crippen LogP contribution in [0.2, 0.25) is 0 Å². The van der Waals surface area contributed by atoms with Crippen LogP contribution in [-0.2, 0) is 13.1 Å². The molecule has 3 N–H and O–H groups in total. The second-order valence-electron chi connectivity index (χ2n) is 7.77. The lowest BCUT2D eigenvalue weighted by Crippen LogP contribution is -2.43. The Labute approximate surface area is 180 Å². The number of aromatic nitrogens is 2. The molecule has 1 aromatic heterocycles. The lowest BCUT2D eigenvalue weighted by molar-refractivity contribution is 0.353. The number of piperidine rings is 1. The summed E-state index contributed by atoms with van der Waals surface area (Å²) in [5.41, 5.74) is 7.52. The highest BCUT2D eigenvalue weighted by Gasteiger charge is 2.22. The molecule has 2 heterocycles. The van der Waals surface area contributed by atoms with Gasteiger partial charge in [-0.25, -0.2) is 4.79 Å². The van der Waals surface area contributed by atoms with Crippen LogP contribution in [0.15, 0.2) is 46.0 Å². The minimum Gasteiger partial charge on any atom is -0.493 e. The topological polar surface area (TPSA) is 101 Å². The van der Waals surface area contributed by atoms with E-state index in [2.05, 4.69) is 5.32 Å². The van der Waals surface area contributed by atoms with Gasteiger partial charge in [-0.15, -0.1) is 0 Å². The molecular weight excluding hydrogens is 396 g/mol. The van der Waals surface area contributed by atoms with Crippen molar-refractivity contribution in [2.45, 2.75) is 32.0 Å². The summed E-state index contributed by atoms with van der Waals surface area (Å²) >= 11 is 0. The van der Waals surface area contributed by atoms with Crippen LogP contribution >= 0.6 is 0 Å². The summed E-state index contributed by atoms with van der Waals surface area (Å²) in [6, 6.07) is 11.0. The lowest BCUT2D eigenvalue weighted by atomic mass is 10.0. The van der Waals surface area contributed by atoms with E-state index >= 15 is 0 Å². The highest BCUT2D eigenvalue weighted by atomic mass is 16.5. The number of nitrogens with one attached hydrogen (secondary N) is 1. The van der Waals surface area contributed by atoms with Crippen LogP contribution in [0, 0.1) is 0 Å². The molecule has 0 unspecified atom stereocenters. The molecular formula is C23H28N4O4. The normalized spacial score (nSPS) is 14.7. The predicted molar refractivity (Wildman–Crippen MR) is 120 cm³/mol. The van der Waals surface area contributed by atoms with Crippen molar-refractivity contribution in [2.75, 3.05) is 27.3 Å². The minimum atomic E-state index is -0.310. The largest absolute Gasteiger partial charge is 0.493 e. The van der Waals surface area contributed by atoms with Crippen molar-refractivity contribution in [3.63, 3.8) is 0 Å². The third-order valence-corrected chi connectivity index (χ3v) is 5.93. The van der Waals surface area contributed by atoms with Crippen molar-refractivity contribution in [3.05, 3.63) is 68.4 Å². The Morgan fingerprint density at radius 2 is 1.71 bits per heavy atom. The van der Waals surface area contributed by atoms with E-state index in [4.69, 9.17) is 15.2 Å². The second-order valence-corrected chi connectivity index (χ2v) is 7.77. The van der Waals surface area contributed by atoms with Gasteiger partial charge in [-0.1, -0.05) is 12.1 Å². The zero-order chi connectivity index (χ0) is 22.0. The average Bonchev–Trinajstić information content (AvgIpc) is 2.82. The fraction of sp³-hybridized carbons (Fsp3) is 0.391. The van der Waals surface area contributed by atoms with Crippen LogP contribution in [-0.4, -0.2) is 36.4 Å². The van der Waals surface area contributed by atoms with Crippen LogP contribution in [0.25, 0.3) is 10.9 Å². The summed E-state index contributed by atoms with van der Waals surface area (Å²) < 4.78 is 13.8. The summed E-state index contributed by atoms with van der Waals surface area (Å²) in [5.74, 6) is 1.15. The van der Waals surface area contributed by atoms with Gasteiger partial charge >= 0.3 is 5.69 Å². The SMILES string of the molecule is COc1ccc(Cn2c(=O)c3cc(CN)ccc3n(C3CCNCC3)c2=O)cc1OC. The highest BCUT2D eigenvalue weighted by Crippen LogP contribution is 2.28.